The fourth-order valence-corrected chi connectivity index (χ4v) is 1.84. The van der Waals surface area contributed by atoms with Crippen molar-refractivity contribution in [2.24, 2.45) is 5.92 Å². The molecule has 0 aromatic heterocycles. The Kier molecular flexibility index (Phi) is 6.19. The van der Waals surface area contributed by atoms with Gasteiger partial charge in [-0.1, -0.05) is 26.7 Å². The summed E-state index contributed by atoms with van der Waals surface area (Å²) in [5.74, 6) is 2.10. The first-order valence-corrected chi connectivity index (χ1v) is 6.54. The van der Waals surface area contributed by atoms with Gasteiger partial charge in [0.25, 0.3) is 0 Å². The van der Waals surface area contributed by atoms with E-state index in [1.807, 2.05) is 0 Å². The second kappa shape index (κ2) is 7.67. The molecule has 4 heteroatoms. The van der Waals surface area contributed by atoms with Crippen LogP contribution >= 0.6 is 0 Å². The van der Waals surface area contributed by atoms with Crippen molar-refractivity contribution in [3.05, 3.63) is 17.7 Å². The molecule has 0 bridgehead atoms. The largest absolute Gasteiger partial charge is 0.493 e. The van der Waals surface area contributed by atoms with E-state index in [4.69, 9.17) is 14.2 Å². The standard InChI is InChI=1S/C15H22O4/c1-5-11(6-2)10-19-15-13(17-3)7-12(9-16)8-14(15)18-4/h7-9,11H,5-6,10H2,1-4H3. The van der Waals surface area contributed by atoms with Gasteiger partial charge in [0.05, 0.1) is 20.8 Å². The highest BCUT2D eigenvalue weighted by atomic mass is 16.5. The quantitative estimate of drug-likeness (QED) is 0.677. The number of carbonyl (C=O) groups is 1. The first-order chi connectivity index (χ1) is 9.19. The van der Waals surface area contributed by atoms with Gasteiger partial charge in [-0.15, -0.1) is 0 Å². The van der Waals surface area contributed by atoms with Gasteiger partial charge in [-0.25, -0.2) is 0 Å². The van der Waals surface area contributed by atoms with Crippen LogP contribution in [0, 0.1) is 5.92 Å². The first-order valence-electron chi connectivity index (χ1n) is 6.54. The average Bonchev–Trinajstić information content (AvgIpc) is 2.47. The highest BCUT2D eigenvalue weighted by Crippen LogP contribution is 2.38. The molecule has 0 aliphatic rings. The summed E-state index contributed by atoms with van der Waals surface area (Å²) in [6.45, 7) is 4.89. The number of hydrogen-bond donors (Lipinski definition) is 0. The number of benzene rings is 1. The maximum Gasteiger partial charge on any atom is 0.203 e. The Balaban J connectivity index is 3.00. The van der Waals surface area contributed by atoms with E-state index in [1.54, 1.807) is 26.4 Å². The van der Waals surface area contributed by atoms with Crippen LogP contribution in [0.15, 0.2) is 12.1 Å². The summed E-state index contributed by atoms with van der Waals surface area (Å²) in [5.41, 5.74) is 0.503. The van der Waals surface area contributed by atoms with Crippen LogP contribution in [0.3, 0.4) is 0 Å². The molecule has 0 aliphatic heterocycles. The van der Waals surface area contributed by atoms with Gasteiger partial charge < -0.3 is 14.2 Å². The summed E-state index contributed by atoms with van der Waals surface area (Å²) >= 11 is 0. The second-order valence-electron chi connectivity index (χ2n) is 4.37. The smallest absolute Gasteiger partial charge is 0.203 e. The monoisotopic (exact) mass is 266 g/mol. The third-order valence-corrected chi connectivity index (χ3v) is 3.24. The van der Waals surface area contributed by atoms with Gasteiger partial charge in [-0.05, 0) is 18.1 Å². The molecule has 1 aromatic carbocycles. The lowest BCUT2D eigenvalue weighted by Gasteiger charge is -2.18. The van der Waals surface area contributed by atoms with Crippen molar-refractivity contribution >= 4 is 6.29 Å². The summed E-state index contributed by atoms with van der Waals surface area (Å²) in [5, 5.41) is 0. The van der Waals surface area contributed by atoms with E-state index in [-0.39, 0.29) is 0 Å². The highest BCUT2D eigenvalue weighted by molar-refractivity contribution is 5.78. The number of methoxy groups -OCH3 is 2. The molecule has 0 radical (unpaired) electrons. The normalized spacial score (nSPS) is 10.4. The molecule has 0 saturated heterocycles. The number of ether oxygens (including phenoxy) is 3. The Hall–Kier alpha value is -1.71. The molecule has 0 fully saturated rings. The molecular formula is C15H22O4. The van der Waals surface area contributed by atoms with E-state index in [2.05, 4.69) is 13.8 Å². The van der Waals surface area contributed by atoms with Crippen molar-refractivity contribution in [2.75, 3.05) is 20.8 Å². The summed E-state index contributed by atoms with van der Waals surface area (Å²) in [6, 6.07) is 3.30. The predicted octanol–water partition coefficient (Wildman–Crippen LogP) is 3.33. The summed E-state index contributed by atoms with van der Waals surface area (Å²) in [6.07, 6.45) is 2.89. The van der Waals surface area contributed by atoms with Gasteiger partial charge in [-0.2, -0.15) is 0 Å². The minimum absolute atomic E-state index is 0.500. The summed E-state index contributed by atoms with van der Waals surface area (Å²) in [4.78, 5) is 10.9. The fourth-order valence-electron chi connectivity index (χ4n) is 1.84. The predicted molar refractivity (Wildman–Crippen MR) is 74.5 cm³/mol. The summed E-state index contributed by atoms with van der Waals surface area (Å²) < 4.78 is 16.4. The average molecular weight is 266 g/mol. The third-order valence-electron chi connectivity index (χ3n) is 3.24. The Morgan fingerprint density at radius 1 is 1.11 bits per heavy atom. The Morgan fingerprint density at radius 3 is 2.00 bits per heavy atom. The lowest BCUT2D eigenvalue weighted by molar-refractivity contribution is 0.112. The van der Waals surface area contributed by atoms with Gasteiger partial charge in [0.2, 0.25) is 5.75 Å². The van der Waals surface area contributed by atoms with Crippen molar-refractivity contribution in [3.8, 4) is 17.2 Å². The van der Waals surface area contributed by atoms with Crippen molar-refractivity contribution in [1.29, 1.82) is 0 Å². The van der Waals surface area contributed by atoms with Gasteiger partial charge in [0.15, 0.2) is 11.5 Å². The molecule has 0 unspecified atom stereocenters. The van der Waals surface area contributed by atoms with E-state index in [1.165, 1.54) is 0 Å². The van der Waals surface area contributed by atoms with Crippen molar-refractivity contribution in [2.45, 2.75) is 26.7 Å². The Bertz CT molecular complexity index is 386. The van der Waals surface area contributed by atoms with Gasteiger partial charge in [0.1, 0.15) is 6.29 Å². The molecule has 0 N–H and O–H groups in total. The lowest BCUT2D eigenvalue weighted by atomic mass is 10.1. The van der Waals surface area contributed by atoms with E-state index >= 15 is 0 Å². The molecule has 0 amide bonds. The lowest BCUT2D eigenvalue weighted by Crippen LogP contribution is -2.11. The molecule has 0 spiro atoms. The molecule has 0 saturated carbocycles. The second-order valence-corrected chi connectivity index (χ2v) is 4.37. The maximum absolute atomic E-state index is 10.9. The zero-order valence-electron chi connectivity index (χ0n) is 12.1. The minimum atomic E-state index is 0.500. The maximum atomic E-state index is 10.9. The number of hydrogen-bond acceptors (Lipinski definition) is 4. The van der Waals surface area contributed by atoms with E-state index < -0.39 is 0 Å². The van der Waals surface area contributed by atoms with Crippen LogP contribution < -0.4 is 14.2 Å². The van der Waals surface area contributed by atoms with Crippen LogP contribution in [0.5, 0.6) is 17.2 Å². The minimum Gasteiger partial charge on any atom is -0.493 e. The Labute approximate surface area is 114 Å². The third kappa shape index (κ3) is 3.88. The van der Waals surface area contributed by atoms with E-state index in [9.17, 15) is 4.79 Å². The van der Waals surface area contributed by atoms with Crippen LogP contribution in [0.2, 0.25) is 0 Å². The number of carbonyl (C=O) groups excluding carboxylic acids is 1. The van der Waals surface area contributed by atoms with Crippen LogP contribution in [-0.2, 0) is 0 Å². The topological polar surface area (TPSA) is 44.8 Å². The molecule has 19 heavy (non-hydrogen) atoms. The summed E-state index contributed by atoms with van der Waals surface area (Å²) in [7, 11) is 3.10. The van der Waals surface area contributed by atoms with Crippen molar-refractivity contribution in [3.63, 3.8) is 0 Å². The van der Waals surface area contributed by atoms with Crippen LogP contribution in [0.25, 0.3) is 0 Å². The molecule has 0 atom stereocenters. The molecule has 0 aliphatic carbocycles. The van der Waals surface area contributed by atoms with Gasteiger partial charge >= 0.3 is 0 Å². The molecule has 106 valence electrons. The zero-order valence-corrected chi connectivity index (χ0v) is 12.1. The van der Waals surface area contributed by atoms with Crippen LogP contribution in [-0.4, -0.2) is 27.1 Å². The fraction of sp³-hybridized carbons (Fsp3) is 0.533. The highest BCUT2D eigenvalue weighted by Gasteiger charge is 2.15. The van der Waals surface area contributed by atoms with Crippen molar-refractivity contribution in [1.82, 2.24) is 0 Å². The van der Waals surface area contributed by atoms with Crippen molar-refractivity contribution < 1.29 is 19.0 Å². The Morgan fingerprint density at radius 2 is 1.63 bits per heavy atom. The van der Waals surface area contributed by atoms with Crippen LogP contribution in [0.4, 0.5) is 0 Å². The zero-order chi connectivity index (χ0) is 14.3. The number of aldehydes is 1. The van der Waals surface area contributed by atoms with E-state index in [0.717, 1.165) is 19.1 Å². The molecule has 0 heterocycles. The molecule has 1 aromatic rings. The van der Waals surface area contributed by atoms with Crippen LogP contribution in [0.1, 0.15) is 37.0 Å². The number of rotatable bonds is 8. The molecular weight excluding hydrogens is 244 g/mol. The van der Waals surface area contributed by atoms with Gasteiger partial charge in [-0.3, -0.25) is 4.79 Å². The SMILES string of the molecule is CCC(CC)COc1c(OC)cc(C=O)cc1OC. The molecule has 1 rings (SSSR count). The van der Waals surface area contributed by atoms with E-state index in [0.29, 0.717) is 35.3 Å². The first kappa shape index (κ1) is 15.3. The van der Waals surface area contributed by atoms with Gasteiger partial charge in [0, 0.05) is 5.56 Å². The molecule has 4 nitrogen and oxygen atoms in total.